The van der Waals surface area contributed by atoms with Crippen molar-refractivity contribution in [2.75, 3.05) is 26.2 Å². The van der Waals surface area contributed by atoms with Crippen LogP contribution in [0.3, 0.4) is 0 Å². The maximum atomic E-state index is 12.1. The zero-order chi connectivity index (χ0) is 15.5. The maximum Gasteiger partial charge on any atom is 0.410 e. The van der Waals surface area contributed by atoms with Crippen LogP contribution in [0.2, 0.25) is 4.34 Å². The highest BCUT2D eigenvalue weighted by molar-refractivity contribution is 7.10. The zero-order valence-corrected chi connectivity index (χ0v) is 14.2. The number of rotatable bonds is 2. The molecule has 118 valence electrons. The van der Waals surface area contributed by atoms with Gasteiger partial charge in [0.2, 0.25) is 0 Å². The van der Waals surface area contributed by atoms with E-state index in [1.54, 1.807) is 4.90 Å². The molecule has 0 saturated carbocycles. The monoisotopic (exact) mass is 332 g/mol. The standard InChI is InChI=1S/C13H21ClN4O2S/c1-13(2,3)20-12(19)18-6-4-5-17(7-8-18)9-10-11(14)21-16-15-10/h4-9H2,1-3H3. The molecule has 1 aromatic heterocycles. The third-order valence-electron chi connectivity index (χ3n) is 3.12. The van der Waals surface area contributed by atoms with Gasteiger partial charge in [-0.15, -0.1) is 5.10 Å². The number of halogens is 1. The Kier molecular flexibility index (Phi) is 5.40. The largest absolute Gasteiger partial charge is 0.444 e. The minimum atomic E-state index is -0.455. The average Bonchev–Trinajstić information content (AvgIpc) is 2.62. The molecule has 0 bridgehead atoms. The molecule has 0 aliphatic carbocycles. The number of amides is 1. The van der Waals surface area contributed by atoms with Crippen molar-refractivity contribution >= 4 is 29.2 Å². The van der Waals surface area contributed by atoms with Gasteiger partial charge in [-0.05, 0) is 27.2 Å². The molecule has 6 nitrogen and oxygen atoms in total. The molecule has 1 amide bonds. The fourth-order valence-electron chi connectivity index (χ4n) is 2.14. The molecule has 0 atom stereocenters. The van der Waals surface area contributed by atoms with Crippen molar-refractivity contribution in [3.63, 3.8) is 0 Å². The van der Waals surface area contributed by atoms with E-state index in [9.17, 15) is 4.79 Å². The van der Waals surface area contributed by atoms with Crippen LogP contribution in [-0.2, 0) is 11.3 Å². The summed E-state index contributed by atoms with van der Waals surface area (Å²) in [5, 5.41) is 4.03. The average molecular weight is 333 g/mol. The van der Waals surface area contributed by atoms with Crippen LogP contribution in [0.5, 0.6) is 0 Å². The van der Waals surface area contributed by atoms with Crippen molar-refractivity contribution < 1.29 is 9.53 Å². The topological polar surface area (TPSA) is 58.6 Å². The van der Waals surface area contributed by atoms with Gasteiger partial charge in [0.15, 0.2) is 0 Å². The lowest BCUT2D eigenvalue weighted by molar-refractivity contribution is 0.0257. The van der Waals surface area contributed by atoms with E-state index < -0.39 is 5.60 Å². The van der Waals surface area contributed by atoms with Gasteiger partial charge in [0.25, 0.3) is 0 Å². The molecular weight excluding hydrogens is 312 g/mol. The van der Waals surface area contributed by atoms with Crippen molar-refractivity contribution in [1.82, 2.24) is 19.4 Å². The molecule has 0 aromatic carbocycles. The van der Waals surface area contributed by atoms with E-state index in [0.29, 0.717) is 24.0 Å². The van der Waals surface area contributed by atoms with Gasteiger partial charge in [0.1, 0.15) is 15.6 Å². The third kappa shape index (κ3) is 5.09. The van der Waals surface area contributed by atoms with E-state index in [1.165, 1.54) is 11.5 Å². The predicted octanol–water partition coefficient (Wildman–Crippen LogP) is 2.63. The van der Waals surface area contributed by atoms with Crippen LogP contribution in [0.4, 0.5) is 4.79 Å². The van der Waals surface area contributed by atoms with Crippen LogP contribution in [0.25, 0.3) is 0 Å². The summed E-state index contributed by atoms with van der Waals surface area (Å²) >= 11 is 7.24. The Morgan fingerprint density at radius 3 is 2.71 bits per heavy atom. The molecule has 0 radical (unpaired) electrons. The second-order valence-electron chi connectivity index (χ2n) is 6.09. The summed E-state index contributed by atoms with van der Waals surface area (Å²) in [4.78, 5) is 16.1. The number of nitrogens with zero attached hydrogens (tertiary/aromatic N) is 4. The summed E-state index contributed by atoms with van der Waals surface area (Å²) in [6, 6.07) is 0. The Bertz CT molecular complexity index is 489. The molecular formula is C13H21ClN4O2S. The van der Waals surface area contributed by atoms with Crippen LogP contribution in [-0.4, -0.2) is 57.3 Å². The Balaban J connectivity index is 1.87. The lowest BCUT2D eigenvalue weighted by atomic mass is 10.2. The smallest absolute Gasteiger partial charge is 0.410 e. The third-order valence-corrected chi connectivity index (χ3v) is 4.11. The minimum absolute atomic E-state index is 0.238. The highest BCUT2D eigenvalue weighted by Crippen LogP contribution is 2.20. The second kappa shape index (κ2) is 6.89. The SMILES string of the molecule is CC(C)(C)OC(=O)N1CCCN(Cc2nnsc2Cl)CC1. The fraction of sp³-hybridized carbons (Fsp3) is 0.769. The van der Waals surface area contributed by atoms with Crippen LogP contribution in [0, 0.1) is 0 Å². The second-order valence-corrected chi connectivity index (χ2v) is 7.45. The number of ether oxygens (including phenoxy) is 1. The predicted molar refractivity (Wildman–Crippen MR) is 82.6 cm³/mol. The molecule has 8 heteroatoms. The first-order valence-corrected chi connectivity index (χ1v) is 8.17. The first-order chi connectivity index (χ1) is 9.85. The molecule has 0 spiro atoms. The van der Waals surface area contributed by atoms with Crippen LogP contribution < -0.4 is 0 Å². The first-order valence-electron chi connectivity index (χ1n) is 7.02. The van der Waals surface area contributed by atoms with Crippen LogP contribution >= 0.6 is 23.1 Å². The van der Waals surface area contributed by atoms with Crippen molar-refractivity contribution in [2.24, 2.45) is 0 Å². The molecule has 2 heterocycles. The Morgan fingerprint density at radius 1 is 1.33 bits per heavy atom. The van der Waals surface area contributed by atoms with Gasteiger partial charge in [0, 0.05) is 44.3 Å². The molecule has 1 aliphatic heterocycles. The quantitative estimate of drug-likeness (QED) is 0.833. The molecule has 0 unspecified atom stereocenters. The van der Waals surface area contributed by atoms with Gasteiger partial charge in [-0.3, -0.25) is 4.90 Å². The van der Waals surface area contributed by atoms with E-state index in [1.807, 2.05) is 20.8 Å². The lowest BCUT2D eigenvalue weighted by Gasteiger charge is -2.26. The number of hydrogen-bond acceptors (Lipinski definition) is 6. The number of hydrogen-bond donors (Lipinski definition) is 0. The lowest BCUT2D eigenvalue weighted by Crippen LogP contribution is -2.39. The van der Waals surface area contributed by atoms with E-state index in [0.717, 1.165) is 25.2 Å². The molecule has 1 saturated heterocycles. The minimum Gasteiger partial charge on any atom is -0.444 e. The van der Waals surface area contributed by atoms with E-state index in [2.05, 4.69) is 14.5 Å². The summed E-state index contributed by atoms with van der Waals surface area (Å²) in [6.45, 7) is 9.39. The van der Waals surface area contributed by atoms with Gasteiger partial charge in [0.05, 0.1) is 0 Å². The van der Waals surface area contributed by atoms with Crippen molar-refractivity contribution in [1.29, 1.82) is 0 Å². The first kappa shape index (κ1) is 16.5. The van der Waals surface area contributed by atoms with Gasteiger partial charge in [-0.2, -0.15) is 0 Å². The van der Waals surface area contributed by atoms with E-state index in [4.69, 9.17) is 16.3 Å². The summed E-state index contributed by atoms with van der Waals surface area (Å²) in [5.74, 6) is 0. The van der Waals surface area contributed by atoms with E-state index >= 15 is 0 Å². The summed E-state index contributed by atoms with van der Waals surface area (Å²) in [7, 11) is 0. The maximum absolute atomic E-state index is 12.1. The van der Waals surface area contributed by atoms with Gasteiger partial charge in [-0.1, -0.05) is 16.1 Å². The number of carbonyl (C=O) groups is 1. The summed E-state index contributed by atoms with van der Waals surface area (Å²) in [5.41, 5.74) is 0.357. The normalized spacial score (nSPS) is 17.6. The molecule has 1 fully saturated rings. The highest BCUT2D eigenvalue weighted by atomic mass is 35.5. The van der Waals surface area contributed by atoms with Crippen LogP contribution in [0.1, 0.15) is 32.9 Å². The van der Waals surface area contributed by atoms with E-state index in [-0.39, 0.29) is 6.09 Å². The fourth-order valence-corrected chi connectivity index (χ4v) is 2.75. The number of aromatic nitrogens is 2. The summed E-state index contributed by atoms with van der Waals surface area (Å²) in [6.07, 6.45) is 0.673. The van der Waals surface area contributed by atoms with Gasteiger partial charge < -0.3 is 9.64 Å². The van der Waals surface area contributed by atoms with Gasteiger partial charge >= 0.3 is 6.09 Å². The van der Waals surface area contributed by atoms with Crippen molar-refractivity contribution in [3.05, 3.63) is 10.0 Å². The van der Waals surface area contributed by atoms with Crippen molar-refractivity contribution in [3.8, 4) is 0 Å². The van der Waals surface area contributed by atoms with Crippen molar-refractivity contribution in [2.45, 2.75) is 39.3 Å². The number of carbonyl (C=O) groups excluding carboxylic acids is 1. The Hall–Kier alpha value is -0.920. The molecule has 1 aromatic rings. The van der Waals surface area contributed by atoms with Crippen LogP contribution in [0.15, 0.2) is 0 Å². The Labute approximate surface area is 134 Å². The highest BCUT2D eigenvalue weighted by Gasteiger charge is 2.24. The Morgan fingerprint density at radius 2 is 2.10 bits per heavy atom. The summed E-state index contributed by atoms with van der Waals surface area (Å²) < 4.78 is 9.90. The zero-order valence-electron chi connectivity index (χ0n) is 12.6. The molecule has 1 aliphatic rings. The molecule has 0 N–H and O–H groups in total. The molecule has 21 heavy (non-hydrogen) atoms. The van der Waals surface area contributed by atoms with Gasteiger partial charge in [-0.25, -0.2) is 4.79 Å². The molecule has 2 rings (SSSR count).